The molecule has 1 saturated heterocycles. The first-order valence-corrected chi connectivity index (χ1v) is 8.56. The lowest BCUT2D eigenvalue weighted by Gasteiger charge is -2.31. The molecule has 1 fully saturated rings. The highest BCUT2D eigenvalue weighted by atomic mass is 16.2. The zero-order valence-electron chi connectivity index (χ0n) is 14.0. The van der Waals surface area contributed by atoms with Gasteiger partial charge in [0, 0.05) is 26.2 Å². The Bertz CT molecular complexity index is 624. The van der Waals surface area contributed by atoms with Crippen LogP contribution in [-0.2, 0) is 0 Å². The molecule has 1 aromatic carbocycles. The second kappa shape index (κ2) is 7.03. The molecule has 6 nitrogen and oxygen atoms in total. The van der Waals surface area contributed by atoms with Crippen molar-refractivity contribution in [3.8, 4) is 0 Å². The van der Waals surface area contributed by atoms with E-state index in [1.165, 1.54) is 11.3 Å². The fourth-order valence-corrected chi connectivity index (χ4v) is 3.36. The van der Waals surface area contributed by atoms with Crippen LogP contribution in [0.2, 0.25) is 0 Å². The lowest BCUT2D eigenvalue weighted by atomic mass is 10.0. The highest BCUT2D eigenvalue weighted by Crippen LogP contribution is 2.22. The first-order valence-electron chi connectivity index (χ1n) is 8.56. The maximum Gasteiger partial charge on any atom is 0.317 e. The molecule has 1 aromatic rings. The molecule has 2 heterocycles. The molecule has 1 N–H and O–H groups in total. The molecule has 1 atom stereocenters. The van der Waals surface area contributed by atoms with E-state index >= 15 is 0 Å². The maximum atomic E-state index is 12.2. The van der Waals surface area contributed by atoms with Crippen molar-refractivity contribution in [3.05, 3.63) is 35.4 Å². The van der Waals surface area contributed by atoms with Crippen LogP contribution in [0.3, 0.4) is 0 Å². The minimum atomic E-state index is -0.244. The molecule has 1 unspecified atom stereocenters. The number of nitrogens with one attached hydrogen (secondary N) is 1. The number of nitrogens with zero attached hydrogens (tertiary/aromatic N) is 2. The van der Waals surface area contributed by atoms with Crippen LogP contribution in [-0.4, -0.2) is 53.8 Å². The van der Waals surface area contributed by atoms with Crippen molar-refractivity contribution >= 4 is 17.8 Å². The van der Waals surface area contributed by atoms with Gasteiger partial charge in [0.05, 0.1) is 11.1 Å². The van der Waals surface area contributed by atoms with Gasteiger partial charge in [0.1, 0.15) is 0 Å². The quantitative estimate of drug-likeness (QED) is 0.679. The molecule has 0 aromatic heterocycles. The van der Waals surface area contributed by atoms with E-state index in [-0.39, 0.29) is 17.8 Å². The van der Waals surface area contributed by atoms with Gasteiger partial charge in [0.15, 0.2) is 0 Å². The van der Waals surface area contributed by atoms with Gasteiger partial charge in [-0.3, -0.25) is 14.5 Å². The van der Waals surface area contributed by atoms with Gasteiger partial charge < -0.3 is 10.2 Å². The van der Waals surface area contributed by atoms with E-state index in [2.05, 4.69) is 12.2 Å². The summed E-state index contributed by atoms with van der Waals surface area (Å²) in [7, 11) is 0. The van der Waals surface area contributed by atoms with E-state index in [0.29, 0.717) is 36.6 Å². The Morgan fingerprint density at radius 2 is 1.88 bits per heavy atom. The van der Waals surface area contributed by atoms with Crippen LogP contribution in [0.5, 0.6) is 0 Å². The van der Waals surface area contributed by atoms with Crippen molar-refractivity contribution in [2.45, 2.75) is 26.2 Å². The number of hydrogen-bond acceptors (Lipinski definition) is 3. The van der Waals surface area contributed by atoms with Gasteiger partial charge in [-0.1, -0.05) is 19.1 Å². The van der Waals surface area contributed by atoms with Crippen molar-refractivity contribution in [1.29, 1.82) is 0 Å². The number of fused-ring (bicyclic) bond motifs is 1. The summed E-state index contributed by atoms with van der Waals surface area (Å²) in [4.78, 5) is 39.7. The smallest absolute Gasteiger partial charge is 0.317 e. The van der Waals surface area contributed by atoms with E-state index in [1.807, 2.05) is 4.90 Å². The van der Waals surface area contributed by atoms with Crippen molar-refractivity contribution < 1.29 is 14.4 Å². The summed E-state index contributed by atoms with van der Waals surface area (Å²) >= 11 is 0. The molecule has 0 radical (unpaired) electrons. The van der Waals surface area contributed by atoms with E-state index in [0.717, 1.165) is 19.5 Å². The van der Waals surface area contributed by atoms with E-state index in [4.69, 9.17) is 0 Å². The van der Waals surface area contributed by atoms with Crippen molar-refractivity contribution in [3.63, 3.8) is 0 Å². The van der Waals surface area contributed by atoms with Gasteiger partial charge in [0.25, 0.3) is 11.8 Å². The van der Waals surface area contributed by atoms with Crippen molar-refractivity contribution in [2.24, 2.45) is 5.92 Å². The summed E-state index contributed by atoms with van der Waals surface area (Å²) in [5.41, 5.74) is 0.933. The van der Waals surface area contributed by atoms with Crippen LogP contribution in [0.25, 0.3) is 0 Å². The summed E-state index contributed by atoms with van der Waals surface area (Å²) in [6, 6.07) is 6.81. The number of carbonyl (C=O) groups is 3. The van der Waals surface area contributed by atoms with Crippen LogP contribution < -0.4 is 5.32 Å². The topological polar surface area (TPSA) is 69.7 Å². The van der Waals surface area contributed by atoms with Crippen molar-refractivity contribution in [1.82, 2.24) is 15.1 Å². The zero-order valence-corrected chi connectivity index (χ0v) is 14.0. The molecular weight excluding hydrogens is 306 g/mol. The van der Waals surface area contributed by atoms with E-state index < -0.39 is 0 Å². The lowest BCUT2D eigenvalue weighted by Crippen LogP contribution is -2.45. The Hall–Kier alpha value is -2.37. The van der Waals surface area contributed by atoms with Gasteiger partial charge in [-0.15, -0.1) is 0 Å². The van der Waals surface area contributed by atoms with Gasteiger partial charge in [-0.2, -0.15) is 0 Å². The van der Waals surface area contributed by atoms with Gasteiger partial charge in [0.2, 0.25) is 0 Å². The van der Waals surface area contributed by atoms with Gasteiger partial charge in [-0.25, -0.2) is 4.79 Å². The molecule has 0 saturated carbocycles. The van der Waals surface area contributed by atoms with Crippen LogP contribution in [0.1, 0.15) is 46.9 Å². The first-order chi connectivity index (χ1) is 11.6. The average molecular weight is 329 g/mol. The van der Waals surface area contributed by atoms with Crippen LogP contribution in [0.4, 0.5) is 4.79 Å². The summed E-state index contributed by atoms with van der Waals surface area (Å²) in [6.45, 7) is 4.53. The van der Waals surface area contributed by atoms with E-state index in [1.54, 1.807) is 24.3 Å². The number of likely N-dealkylation sites (tertiary alicyclic amines) is 1. The molecule has 24 heavy (non-hydrogen) atoms. The SMILES string of the molecule is CC1CCCN(C(=O)NCCCN2C(=O)c3ccccc3C2=O)C1. The number of hydrogen-bond donors (Lipinski definition) is 1. The minimum absolute atomic E-state index is 0.0519. The predicted octanol–water partition coefficient (Wildman–Crippen LogP) is 2.11. The fraction of sp³-hybridized carbons (Fsp3) is 0.500. The van der Waals surface area contributed by atoms with Crippen molar-refractivity contribution in [2.75, 3.05) is 26.2 Å². The minimum Gasteiger partial charge on any atom is -0.338 e. The summed E-state index contributed by atoms with van der Waals surface area (Å²) in [5.74, 6) is 0.0569. The second-order valence-corrected chi connectivity index (χ2v) is 6.59. The number of benzene rings is 1. The predicted molar refractivity (Wildman–Crippen MR) is 89.8 cm³/mol. The van der Waals surface area contributed by atoms with Crippen LogP contribution in [0, 0.1) is 5.92 Å². The molecule has 6 heteroatoms. The number of amides is 4. The largest absolute Gasteiger partial charge is 0.338 e. The molecule has 128 valence electrons. The Balaban J connectivity index is 1.45. The third-order valence-electron chi connectivity index (χ3n) is 4.66. The summed E-state index contributed by atoms with van der Waals surface area (Å²) in [6.07, 6.45) is 2.77. The molecule has 0 spiro atoms. The van der Waals surface area contributed by atoms with E-state index in [9.17, 15) is 14.4 Å². The Kier molecular flexibility index (Phi) is 4.83. The van der Waals surface area contributed by atoms with Crippen LogP contribution in [0.15, 0.2) is 24.3 Å². The molecule has 0 bridgehead atoms. The third-order valence-corrected chi connectivity index (χ3v) is 4.66. The van der Waals surface area contributed by atoms with Crippen LogP contribution >= 0.6 is 0 Å². The highest BCUT2D eigenvalue weighted by Gasteiger charge is 2.34. The standard InChI is InChI=1S/C18H23N3O3/c1-13-6-4-10-20(12-13)18(24)19-9-5-11-21-16(22)14-7-2-3-8-15(14)17(21)23/h2-3,7-8,13H,4-6,9-12H2,1H3,(H,19,24). The maximum absolute atomic E-state index is 12.2. The Labute approximate surface area is 141 Å². The number of carbonyl (C=O) groups excluding carboxylic acids is 3. The zero-order chi connectivity index (χ0) is 17.1. The number of piperidine rings is 1. The Morgan fingerprint density at radius 3 is 2.50 bits per heavy atom. The molecule has 2 aliphatic heterocycles. The average Bonchev–Trinajstić information content (AvgIpc) is 2.83. The molecule has 3 rings (SSSR count). The molecular formula is C18H23N3O3. The lowest BCUT2D eigenvalue weighted by molar-refractivity contribution is 0.0653. The molecule has 2 aliphatic rings. The number of rotatable bonds is 4. The normalized spacial score (nSPS) is 20.3. The first kappa shape index (κ1) is 16.5. The highest BCUT2D eigenvalue weighted by molar-refractivity contribution is 6.21. The second-order valence-electron chi connectivity index (χ2n) is 6.59. The molecule has 4 amide bonds. The summed E-state index contributed by atoms with van der Waals surface area (Å²) < 4.78 is 0. The Morgan fingerprint density at radius 1 is 1.21 bits per heavy atom. The summed E-state index contributed by atoms with van der Waals surface area (Å²) in [5, 5.41) is 2.89. The fourth-order valence-electron chi connectivity index (χ4n) is 3.36. The molecule has 0 aliphatic carbocycles. The number of imide groups is 1. The third kappa shape index (κ3) is 3.27. The van der Waals surface area contributed by atoms with Gasteiger partial charge >= 0.3 is 6.03 Å². The number of urea groups is 1. The monoisotopic (exact) mass is 329 g/mol. The van der Waals surface area contributed by atoms with Gasteiger partial charge in [-0.05, 0) is 37.3 Å².